The largest absolute Gasteiger partial charge is 0.481 e. The molecule has 0 spiro atoms. The van der Waals surface area contributed by atoms with Crippen molar-refractivity contribution in [2.75, 3.05) is 4.31 Å². The van der Waals surface area contributed by atoms with Crippen LogP contribution >= 0.6 is 0 Å². The lowest BCUT2D eigenvalue weighted by Gasteiger charge is -2.36. The Hall–Kier alpha value is -2.34. The van der Waals surface area contributed by atoms with E-state index in [1.807, 2.05) is 31.2 Å². The van der Waals surface area contributed by atoms with E-state index in [0.29, 0.717) is 6.42 Å². The highest BCUT2D eigenvalue weighted by Gasteiger charge is 2.33. The van der Waals surface area contributed by atoms with Crippen molar-refractivity contribution in [3.05, 3.63) is 59.7 Å². The summed E-state index contributed by atoms with van der Waals surface area (Å²) in [6.07, 6.45) is 2.08. The van der Waals surface area contributed by atoms with E-state index in [1.165, 1.54) is 4.31 Å². The fraction of sp³-hybridized carbons (Fsp3) is 0.316. The minimum Gasteiger partial charge on any atom is -0.481 e. The van der Waals surface area contributed by atoms with Gasteiger partial charge in [-0.05, 0) is 55.5 Å². The number of fused-ring (bicyclic) bond motifs is 1. The minimum atomic E-state index is -3.66. The zero-order valence-electron chi connectivity index (χ0n) is 14.1. The first kappa shape index (κ1) is 17.5. The lowest BCUT2D eigenvalue weighted by Crippen LogP contribution is -2.42. The third-order valence-electron chi connectivity index (χ3n) is 4.57. The number of hydrogen-bond acceptors (Lipinski definition) is 3. The molecule has 1 atom stereocenters. The van der Waals surface area contributed by atoms with Crippen LogP contribution in [-0.4, -0.2) is 25.5 Å². The molecule has 0 saturated heterocycles. The van der Waals surface area contributed by atoms with Crippen LogP contribution in [0, 0.1) is 0 Å². The second-order valence-electron chi connectivity index (χ2n) is 6.35. The molecule has 6 heteroatoms. The lowest BCUT2D eigenvalue weighted by molar-refractivity contribution is -0.136. The van der Waals surface area contributed by atoms with Crippen molar-refractivity contribution in [3.63, 3.8) is 0 Å². The van der Waals surface area contributed by atoms with Crippen LogP contribution in [0.5, 0.6) is 0 Å². The standard InChI is InChI=1S/C19H21NO4S/c1-14-6-10-16-4-2-3-5-18(16)20(14)25(23,24)17-11-7-15(8-12-17)9-13-19(21)22/h2-5,7-8,11-12,14H,6,9-10,13H2,1H3,(H,21,22)/t14-/m0/s1. The first-order valence-electron chi connectivity index (χ1n) is 8.32. The van der Waals surface area contributed by atoms with Gasteiger partial charge in [-0.15, -0.1) is 0 Å². The molecule has 1 heterocycles. The summed E-state index contributed by atoms with van der Waals surface area (Å²) in [6, 6.07) is 14.0. The first-order chi connectivity index (χ1) is 11.9. The average Bonchev–Trinajstić information content (AvgIpc) is 2.60. The molecule has 1 aliphatic rings. The van der Waals surface area contributed by atoms with E-state index in [0.717, 1.165) is 29.7 Å². The van der Waals surface area contributed by atoms with Gasteiger partial charge in [-0.25, -0.2) is 8.42 Å². The van der Waals surface area contributed by atoms with Crippen LogP contribution < -0.4 is 4.31 Å². The highest BCUT2D eigenvalue weighted by molar-refractivity contribution is 7.92. The van der Waals surface area contributed by atoms with E-state index in [2.05, 4.69) is 0 Å². The van der Waals surface area contributed by atoms with Gasteiger partial charge in [0.05, 0.1) is 10.6 Å². The Kier molecular flexibility index (Phi) is 4.81. The molecule has 3 rings (SSSR count). The third kappa shape index (κ3) is 3.54. The van der Waals surface area contributed by atoms with Gasteiger partial charge in [0, 0.05) is 12.5 Å². The molecule has 5 nitrogen and oxygen atoms in total. The van der Waals surface area contributed by atoms with Gasteiger partial charge in [0.15, 0.2) is 0 Å². The maximum absolute atomic E-state index is 13.2. The molecule has 1 N–H and O–H groups in total. The molecule has 0 amide bonds. The molecular formula is C19H21NO4S. The van der Waals surface area contributed by atoms with Crippen molar-refractivity contribution in [2.45, 2.75) is 43.5 Å². The Labute approximate surface area is 148 Å². The summed E-state index contributed by atoms with van der Waals surface area (Å²) in [5.74, 6) is -0.865. The number of anilines is 1. The zero-order valence-corrected chi connectivity index (χ0v) is 14.9. The first-order valence-corrected chi connectivity index (χ1v) is 9.76. The smallest absolute Gasteiger partial charge is 0.303 e. The molecule has 2 aromatic rings. The van der Waals surface area contributed by atoms with Gasteiger partial charge in [0.2, 0.25) is 0 Å². The SMILES string of the molecule is C[C@H]1CCc2ccccc2N1S(=O)(=O)c1ccc(CCC(=O)O)cc1. The lowest BCUT2D eigenvalue weighted by atomic mass is 9.99. The number of carboxylic acids is 1. The van der Waals surface area contributed by atoms with Gasteiger partial charge in [0.1, 0.15) is 0 Å². The van der Waals surface area contributed by atoms with Crippen LogP contribution in [0.1, 0.15) is 30.9 Å². The van der Waals surface area contributed by atoms with E-state index >= 15 is 0 Å². The van der Waals surface area contributed by atoms with Crippen molar-refractivity contribution in [2.24, 2.45) is 0 Å². The van der Waals surface area contributed by atoms with Crippen LogP contribution in [0.4, 0.5) is 5.69 Å². The number of carboxylic acid groups (broad SMARTS) is 1. The molecule has 1 aliphatic heterocycles. The molecule has 0 fully saturated rings. The van der Waals surface area contributed by atoms with Crippen LogP contribution in [0.2, 0.25) is 0 Å². The minimum absolute atomic E-state index is 0.0304. The predicted octanol–water partition coefficient (Wildman–Crippen LogP) is 3.23. The normalized spacial score (nSPS) is 17.2. The van der Waals surface area contributed by atoms with Crippen LogP contribution in [0.3, 0.4) is 0 Å². The molecule has 132 valence electrons. The molecule has 0 saturated carbocycles. The highest BCUT2D eigenvalue weighted by atomic mass is 32.2. The number of sulfonamides is 1. The van der Waals surface area contributed by atoms with E-state index in [1.54, 1.807) is 24.3 Å². The van der Waals surface area contributed by atoms with Gasteiger partial charge >= 0.3 is 5.97 Å². The Morgan fingerprint density at radius 3 is 2.52 bits per heavy atom. The Balaban J connectivity index is 1.92. The van der Waals surface area contributed by atoms with Crippen LogP contribution in [0.15, 0.2) is 53.4 Å². The number of para-hydroxylation sites is 1. The number of hydrogen-bond donors (Lipinski definition) is 1. The zero-order chi connectivity index (χ0) is 18.0. The van der Waals surface area contributed by atoms with Crippen molar-refractivity contribution >= 4 is 21.7 Å². The van der Waals surface area contributed by atoms with Crippen molar-refractivity contribution < 1.29 is 18.3 Å². The summed E-state index contributed by atoms with van der Waals surface area (Å²) >= 11 is 0. The van der Waals surface area contributed by atoms with Gasteiger partial charge < -0.3 is 5.11 Å². The van der Waals surface area contributed by atoms with Gasteiger partial charge in [-0.1, -0.05) is 30.3 Å². The van der Waals surface area contributed by atoms with E-state index in [-0.39, 0.29) is 17.4 Å². The average molecular weight is 359 g/mol. The fourth-order valence-corrected chi connectivity index (χ4v) is 4.94. The number of benzene rings is 2. The third-order valence-corrected chi connectivity index (χ3v) is 6.51. The summed E-state index contributed by atoms with van der Waals surface area (Å²) in [7, 11) is -3.66. The summed E-state index contributed by atoms with van der Waals surface area (Å²) in [5.41, 5.74) is 2.60. The molecule has 0 unspecified atom stereocenters. The second kappa shape index (κ2) is 6.88. The molecule has 0 bridgehead atoms. The fourth-order valence-electron chi connectivity index (χ4n) is 3.22. The molecule has 0 aliphatic carbocycles. The molecule has 0 radical (unpaired) electrons. The number of rotatable bonds is 5. The number of aryl methyl sites for hydroxylation is 2. The van der Waals surface area contributed by atoms with Gasteiger partial charge in [-0.2, -0.15) is 0 Å². The number of nitrogens with zero attached hydrogens (tertiary/aromatic N) is 1. The Morgan fingerprint density at radius 1 is 1.16 bits per heavy atom. The summed E-state index contributed by atoms with van der Waals surface area (Å²) in [6.45, 7) is 1.93. The monoisotopic (exact) mass is 359 g/mol. The summed E-state index contributed by atoms with van der Waals surface area (Å²) < 4.78 is 27.9. The summed E-state index contributed by atoms with van der Waals surface area (Å²) in [4.78, 5) is 10.9. The maximum Gasteiger partial charge on any atom is 0.303 e. The molecule has 2 aromatic carbocycles. The van der Waals surface area contributed by atoms with Gasteiger partial charge in [0.25, 0.3) is 10.0 Å². The van der Waals surface area contributed by atoms with Crippen molar-refractivity contribution in [1.82, 2.24) is 0 Å². The van der Waals surface area contributed by atoms with Crippen molar-refractivity contribution in [1.29, 1.82) is 0 Å². The number of carbonyl (C=O) groups is 1. The summed E-state index contributed by atoms with van der Waals surface area (Å²) in [5, 5.41) is 8.75. The van der Waals surface area contributed by atoms with E-state index in [4.69, 9.17) is 5.11 Å². The van der Waals surface area contributed by atoms with E-state index in [9.17, 15) is 13.2 Å². The second-order valence-corrected chi connectivity index (χ2v) is 8.17. The quantitative estimate of drug-likeness (QED) is 0.889. The molecule has 25 heavy (non-hydrogen) atoms. The van der Waals surface area contributed by atoms with Crippen molar-refractivity contribution in [3.8, 4) is 0 Å². The molecule has 0 aromatic heterocycles. The predicted molar refractivity (Wildman–Crippen MR) is 96.3 cm³/mol. The highest BCUT2D eigenvalue weighted by Crippen LogP contribution is 2.35. The maximum atomic E-state index is 13.2. The Bertz CT molecular complexity index is 875. The number of aliphatic carboxylic acids is 1. The van der Waals surface area contributed by atoms with E-state index < -0.39 is 16.0 Å². The topological polar surface area (TPSA) is 74.7 Å². The van der Waals surface area contributed by atoms with Crippen LogP contribution in [-0.2, 0) is 27.7 Å². The Morgan fingerprint density at radius 2 is 1.84 bits per heavy atom. The van der Waals surface area contributed by atoms with Gasteiger partial charge in [-0.3, -0.25) is 9.10 Å². The molecular weight excluding hydrogens is 338 g/mol. The van der Waals surface area contributed by atoms with Crippen LogP contribution in [0.25, 0.3) is 0 Å².